The average molecular weight is 361 g/mol. The Balaban J connectivity index is 1.67. The molecular formula is C17H17ClN4O3. The predicted molar refractivity (Wildman–Crippen MR) is 93.7 cm³/mol. The van der Waals surface area contributed by atoms with Crippen LogP contribution >= 0.6 is 11.6 Å². The van der Waals surface area contributed by atoms with Gasteiger partial charge in [-0.15, -0.1) is 0 Å². The number of morpholine rings is 1. The van der Waals surface area contributed by atoms with Crippen molar-refractivity contribution in [3.63, 3.8) is 0 Å². The normalized spacial score (nSPS) is 14.0. The number of aromatic nitrogens is 1. The summed E-state index contributed by atoms with van der Waals surface area (Å²) in [7, 11) is 0. The molecule has 1 aliphatic rings. The lowest BCUT2D eigenvalue weighted by molar-refractivity contribution is 0.0846. The SMILES string of the molecule is O=C(NNC(=O)c1cccnc1N1CCOCC1)c1ccc(Cl)cc1. The molecule has 2 aromatic rings. The van der Waals surface area contributed by atoms with E-state index in [2.05, 4.69) is 15.8 Å². The van der Waals surface area contributed by atoms with E-state index in [0.29, 0.717) is 48.3 Å². The number of hydrazine groups is 1. The van der Waals surface area contributed by atoms with Crippen LogP contribution < -0.4 is 15.8 Å². The molecule has 130 valence electrons. The van der Waals surface area contributed by atoms with E-state index in [9.17, 15) is 9.59 Å². The van der Waals surface area contributed by atoms with Gasteiger partial charge in [-0.25, -0.2) is 4.98 Å². The fourth-order valence-electron chi connectivity index (χ4n) is 2.46. The third-order valence-corrected chi connectivity index (χ3v) is 3.99. The first-order chi connectivity index (χ1) is 12.1. The Morgan fingerprint density at radius 3 is 2.44 bits per heavy atom. The van der Waals surface area contributed by atoms with Gasteiger partial charge in [0.2, 0.25) is 0 Å². The van der Waals surface area contributed by atoms with E-state index in [1.165, 1.54) is 0 Å². The number of nitrogens with zero attached hydrogens (tertiary/aromatic N) is 2. The molecule has 1 saturated heterocycles. The lowest BCUT2D eigenvalue weighted by atomic mass is 10.2. The molecule has 1 fully saturated rings. The Hall–Kier alpha value is -2.64. The van der Waals surface area contributed by atoms with Crippen LogP contribution in [0, 0.1) is 0 Å². The summed E-state index contributed by atoms with van der Waals surface area (Å²) in [6.45, 7) is 2.50. The molecular weight excluding hydrogens is 344 g/mol. The highest BCUT2D eigenvalue weighted by Crippen LogP contribution is 2.18. The number of hydrogen-bond acceptors (Lipinski definition) is 5. The van der Waals surface area contributed by atoms with E-state index in [4.69, 9.17) is 16.3 Å². The third-order valence-electron chi connectivity index (χ3n) is 3.74. The van der Waals surface area contributed by atoms with Crippen molar-refractivity contribution >= 4 is 29.2 Å². The number of hydrogen-bond donors (Lipinski definition) is 2. The van der Waals surface area contributed by atoms with Crippen LogP contribution in [0.25, 0.3) is 0 Å². The number of nitrogens with one attached hydrogen (secondary N) is 2. The smallest absolute Gasteiger partial charge is 0.273 e. The summed E-state index contributed by atoms with van der Waals surface area (Å²) in [6.07, 6.45) is 1.63. The number of rotatable bonds is 3. The maximum atomic E-state index is 12.5. The standard InChI is InChI=1S/C17H17ClN4O3/c18-13-5-3-12(4-6-13)16(23)20-21-17(24)14-2-1-7-19-15(14)22-8-10-25-11-9-22/h1-7H,8-11H2,(H,20,23)(H,21,24). The number of carbonyl (C=O) groups excluding carboxylic acids is 2. The Labute approximate surface area is 149 Å². The van der Waals surface area contributed by atoms with E-state index in [-0.39, 0.29) is 0 Å². The van der Waals surface area contributed by atoms with Gasteiger partial charge in [0.05, 0.1) is 18.8 Å². The summed E-state index contributed by atoms with van der Waals surface area (Å²) in [5, 5.41) is 0.533. The number of anilines is 1. The molecule has 0 atom stereocenters. The second-order valence-electron chi connectivity index (χ2n) is 5.39. The van der Waals surface area contributed by atoms with Gasteiger partial charge < -0.3 is 9.64 Å². The fourth-order valence-corrected chi connectivity index (χ4v) is 2.58. The largest absolute Gasteiger partial charge is 0.378 e. The highest BCUT2D eigenvalue weighted by Gasteiger charge is 2.20. The van der Waals surface area contributed by atoms with Crippen LogP contribution in [0.15, 0.2) is 42.6 Å². The molecule has 1 aromatic carbocycles. The van der Waals surface area contributed by atoms with Crippen molar-refractivity contribution in [2.75, 3.05) is 31.2 Å². The topological polar surface area (TPSA) is 83.6 Å². The summed E-state index contributed by atoms with van der Waals surface area (Å²) in [5.74, 6) is -0.289. The summed E-state index contributed by atoms with van der Waals surface area (Å²) in [6, 6.07) is 9.72. The molecule has 1 aromatic heterocycles. The highest BCUT2D eigenvalue weighted by atomic mass is 35.5. The average Bonchev–Trinajstić information content (AvgIpc) is 2.67. The lowest BCUT2D eigenvalue weighted by Crippen LogP contribution is -2.43. The molecule has 2 N–H and O–H groups in total. The summed E-state index contributed by atoms with van der Waals surface area (Å²) in [4.78, 5) is 30.8. The van der Waals surface area contributed by atoms with Gasteiger partial charge in [0.1, 0.15) is 5.82 Å². The van der Waals surface area contributed by atoms with E-state index in [1.54, 1.807) is 42.6 Å². The number of benzene rings is 1. The lowest BCUT2D eigenvalue weighted by Gasteiger charge is -2.29. The van der Waals surface area contributed by atoms with Gasteiger partial charge in [0, 0.05) is 29.9 Å². The second-order valence-corrected chi connectivity index (χ2v) is 5.83. The number of amides is 2. The summed E-state index contributed by atoms with van der Waals surface area (Å²) in [5.41, 5.74) is 5.60. The first kappa shape index (κ1) is 17.2. The predicted octanol–water partition coefficient (Wildman–Crippen LogP) is 1.65. The van der Waals surface area contributed by atoms with Crippen LogP contribution in [-0.4, -0.2) is 43.1 Å². The molecule has 1 aliphatic heterocycles. The quantitative estimate of drug-likeness (QED) is 0.813. The van der Waals surface area contributed by atoms with Gasteiger partial charge in [-0.3, -0.25) is 20.4 Å². The highest BCUT2D eigenvalue weighted by molar-refractivity contribution is 6.30. The minimum absolute atomic E-state index is 0.390. The zero-order valence-corrected chi connectivity index (χ0v) is 14.1. The van der Waals surface area contributed by atoms with Gasteiger partial charge >= 0.3 is 0 Å². The van der Waals surface area contributed by atoms with Gasteiger partial charge in [-0.1, -0.05) is 11.6 Å². The van der Waals surface area contributed by atoms with Crippen molar-refractivity contribution in [3.8, 4) is 0 Å². The Bertz CT molecular complexity index is 761. The zero-order chi connectivity index (χ0) is 17.6. The van der Waals surface area contributed by atoms with E-state index in [1.807, 2.05) is 4.90 Å². The molecule has 3 rings (SSSR count). The molecule has 0 spiro atoms. The van der Waals surface area contributed by atoms with E-state index < -0.39 is 11.8 Å². The first-order valence-corrected chi connectivity index (χ1v) is 8.17. The van der Waals surface area contributed by atoms with Gasteiger partial charge in [-0.2, -0.15) is 0 Å². The monoisotopic (exact) mass is 360 g/mol. The zero-order valence-electron chi connectivity index (χ0n) is 13.4. The molecule has 0 aliphatic carbocycles. The molecule has 0 saturated carbocycles. The molecule has 8 heteroatoms. The van der Waals surface area contributed by atoms with Crippen molar-refractivity contribution in [3.05, 3.63) is 58.7 Å². The maximum absolute atomic E-state index is 12.5. The van der Waals surface area contributed by atoms with Gasteiger partial charge in [-0.05, 0) is 36.4 Å². The Morgan fingerprint density at radius 2 is 1.72 bits per heavy atom. The number of halogens is 1. The van der Waals surface area contributed by atoms with Crippen LogP contribution in [0.2, 0.25) is 5.02 Å². The Morgan fingerprint density at radius 1 is 1.04 bits per heavy atom. The van der Waals surface area contributed by atoms with Gasteiger partial charge in [0.15, 0.2) is 0 Å². The van der Waals surface area contributed by atoms with Crippen LogP contribution in [0.5, 0.6) is 0 Å². The minimum atomic E-state index is -0.433. The van der Waals surface area contributed by atoms with Crippen LogP contribution in [0.3, 0.4) is 0 Å². The molecule has 2 heterocycles. The molecule has 2 amide bonds. The minimum Gasteiger partial charge on any atom is -0.378 e. The van der Waals surface area contributed by atoms with E-state index in [0.717, 1.165) is 0 Å². The molecule has 7 nitrogen and oxygen atoms in total. The van der Waals surface area contributed by atoms with Crippen molar-refractivity contribution in [2.45, 2.75) is 0 Å². The Kier molecular flexibility index (Phi) is 5.47. The first-order valence-electron chi connectivity index (χ1n) is 7.79. The molecule has 0 bridgehead atoms. The summed E-state index contributed by atoms with van der Waals surface area (Å²) >= 11 is 5.79. The summed E-state index contributed by atoms with van der Waals surface area (Å²) < 4.78 is 5.32. The number of ether oxygens (including phenoxy) is 1. The van der Waals surface area contributed by atoms with Crippen LogP contribution in [0.4, 0.5) is 5.82 Å². The van der Waals surface area contributed by atoms with Gasteiger partial charge in [0.25, 0.3) is 11.8 Å². The number of pyridine rings is 1. The molecule has 0 radical (unpaired) electrons. The van der Waals surface area contributed by atoms with E-state index >= 15 is 0 Å². The van der Waals surface area contributed by atoms with Crippen molar-refractivity contribution < 1.29 is 14.3 Å². The third kappa shape index (κ3) is 4.26. The fraction of sp³-hybridized carbons (Fsp3) is 0.235. The number of carbonyl (C=O) groups is 2. The van der Waals surface area contributed by atoms with Crippen molar-refractivity contribution in [2.24, 2.45) is 0 Å². The maximum Gasteiger partial charge on any atom is 0.273 e. The van der Waals surface area contributed by atoms with Crippen molar-refractivity contribution in [1.82, 2.24) is 15.8 Å². The molecule has 0 unspecified atom stereocenters. The second kappa shape index (κ2) is 7.96. The van der Waals surface area contributed by atoms with Crippen LogP contribution in [0.1, 0.15) is 20.7 Å². The van der Waals surface area contributed by atoms with Crippen LogP contribution in [-0.2, 0) is 4.74 Å². The molecule has 25 heavy (non-hydrogen) atoms. The van der Waals surface area contributed by atoms with Crippen molar-refractivity contribution in [1.29, 1.82) is 0 Å².